The Kier molecular flexibility index (Phi) is 7.05. The van der Waals surface area contributed by atoms with Gasteiger partial charge in [0.05, 0.1) is 5.56 Å². The Labute approximate surface area is 201 Å². The number of para-hydroxylation sites is 2. The number of pyridine rings is 1. The summed E-state index contributed by atoms with van der Waals surface area (Å²) in [6.45, 7) is 6.72. The van der Waals surface area contributed by atoms with Gasteiger partial charge >= 0.3 is 0 Å². The fraction of sp³-hybridized carbons (Fsp3) is 0.357. The summed E-state index contributed by atoms with van der Waals surface area (Å²) in [6.07, 6.45) is 4.08. The number of hydrogen-bond donors (Lipinski definition) is 0. The first kappa shape index (κ1) is 22.4. The minimum atomic E-state index is 0.0659. The lowest BCUT2D eigenvalue weighted by molar-refractivity contribution is 0.0634. The fourth-order valence-corrected chi connectivity index (χ4v) is 4.98. The third-order valence-corrected chi connectivity index (χ3v) is 6.76. The third kappa shape index (κ3) is 5.39. The minimum Gasteiger partial charge on any atom is -0.457 e. The number of piperidine rings is 1. The van der Waals surface area contributed by atoms with Crippen molar-refractivity contribution in [3.8, 4) is 11.5 Å². The van der Waals surface area contributed by atoms with Gasteiger partial charge in [0.15, 0.2) is 0 Å². The van der Waals surface area contributed by atoms with Crippen LogP contribution in [-0.2, 0) is 0 Å². The van der Waals surface area contributed by atoms with Crippen molar-refractivity contribution in [3.63, 3.8) is 0 Å². The molecule has 6 heteroatoms. The van der Waals surface area contributed by atoms with E-state index in [4.69, 9.17) is 4.74 Å². The Bertz CT molecular complexity index is 1070. The van der Waals surface area contributed by atoms with Crippen LogP contribution in [0.3, 0.4) is 0 Å². The van der Waals surface area contributed by atoms with Gasteiger partial charge in [-0.25, -0.2) is 4.98 Å². The molecule has 2 saturated heterocycles. The molecule has 34 heavy (non-hydrogen) atoms. The van der Waals surface area contributed by atoms with E-state index in [1.54, 1.807) is 0 Å². The number of carbonyl (C=O) groups excluding carboxylic acids is 1. The van der Waals surface area contributed by atoms with Gasteiger partial charge in [0, 0.05) is 52.0 Å². The molecule has 3 heterocycles. The predicted octanol–water partition coefficient (Wildman–Crippen LogP) is 4.55. The summed E-state index contributed by atoms with van der Waals surface area (Å²) in [7, 11) is 0. The van der Waals surface area contributed by atoms with Crippen LogP contribution in [0, 0.1) is 5.92 Å². The first-order chi connectivity index (χ1) is 16.8. The van der Waals surface area contributed by atoms with Crippen molar-refractivity contribution in [2.45, 2.75) is 12.8 Å². The van der Waals surface area contributed by atoms with Gasteiger partial charge in [-0.3, -0.25) is 9.69 Å². The molecular formula is C28H32N4O2. The molecular weight excluding hydrogens is 424 g/mol. The highest BCUT2D eigenvalue weighted by molar-refractivity contribution is 5.97. The molecule has 176 valence electrons. The summed E-state index contributed by atoms with van der Waals surface area (Å²) in [6, 6.07) is 23.3. The quantitative estimate of drug-likeness (QED) is 0.545. The molecule has 1 aromatic heterocycles. The maximum atomic E-state index is 13.5. The van der Waals surface area contributed by atoms with Crippen LogP contribution in [0.15, 0.2) is 79.0 Å². The van der Waals surface area contributed by atoms with Crippen molar-refractivity contribution in [1.29, 1.82) is 0 Å². The first-order valence-corrected chi connectivity index (χ1v) is 12.3. The largest absolute Gasteiger partial charge is 0.457 e. The summed E-state index contributed by atoms with van der Waals surface area (Å²) in [5.41, 5.74) is 0.635. The molecule has 5 rings (SSSR count). The molecule has 0 aliphatic carbocycles. The van der Waals surface area contributed by atoms with Gasteiger partial charge in [0.2, 0.25) is 0 Å². The number of rotatable bonds is 6. The van der Waals surface area contributed by atoms with E-state index in [9.17, 15) is 4.79 Å². The molecule has 1 atom stereocenters. The Morgan fingerprint density at radius 3 is 2.44 bits per heavy atom. The van der Waals surface area contributed by atoms with Crippen molar-refractivity contribution >= 4 is 11.7 Å². The second-order valence-electron chi connectivity index (χ2n) is 9.15. The molecule has 2 fully saturated rings. The van der Waals surface area contributed by atoms with Gasteiger partial charge in [0.1, 0.15) is 17.3 Å². The number of hydrogen-bond acceptors (Lipinski definition) is 5. The Balaban J connectivity index is 1.18. The second kappa shape index (κ2) is 10.7. The molecule has 3 aromatic rings. The zero-order chi connectivity index (χ0) is 23.2. The lowest BCUT2D eigenvalue weighted by Crippen LogP contribution is -2.50. The molecule has 6 nitrogen and oxygen atoms in total. The van der Waals surface area contributed by atoms with Crippen LogP contribution in [0.4, 0.5) is 5.82 Å². The molecule has 1 amide bonds. The zero-order valence-corrected chi connectivity index (χ0v) is 19.6. The van der Waals surface area contributed by atoms with E-state index in [-0.39, 0.29) is 5.91 Å². The second-order valence-corrected chi connectivity index (χ2v) is 9.15. The summed E-state index contributed by atoms with van der Waals surface area (Å²) in [5.74, 6) is 2.99. The fourth-order valence-electron chi connectivity index (χ4n) is 4.98. The van der Waals surface area contributed by atoms with Gasteiger partial charge in [-0.1, -0.05) is 36.4 Å². The van der Waals surface area contributed by atoms with E-state index in [1.807, 2.05) is 77.8 Å². The lowest BCUT2D eigenvalue weighted by atomic mass is 9.96. The maximum absolute atomic E-state index is 13.5. The van der Waals surface area contributed by atoms with E-state index in [0.717, 1.165) is 63.8 Å². The van der Waals surface area contributed by atoms with Crippen LogP contribution >= 0.6 is 0 Å². The van der Waals surface area contributed by atoms with E-state index in [2.05, 4.69) is 20.9 Å². The molecule has 0 unspecified atom stereocenters. The van der Waals surface area contributed by atoms with Gasteiger partial charge in [-0.2, -0.15) is 0 Å². The number of likely N-dealkylation sites (tertiary alicyclic amines) is 1. The predicted molar refractivity (Wildman–Crippen MR) is 134 cm³/mol. The van der Waals surface area contributed by atoms with Crippen LogP contribution in [0.25, 0.3) is 0 Å². The van der Waals surface area contributed by atoms with Crippen molar-refractivity contribution in [3.05, 3.63) is 84.6 Å². The SMILES string of the molecule is O=C(c1ccccc1Oc1ccccc1)N1CCC[C@@H](CN2CCN(c3ccccn3)CC2)C1. The number of aromatic nitrogens is 1. The normalized spacial score (nSPS) is 19.1. The molecule has 0 N–H and O–H groups in total. The maximum Gasteiger partial charge on any atom is 0.257 e. The van der Waals surface area contributed by atoms with Crippen molar-refractivity contribution in [2.75, 3.05) is 50.7 Å². The average Bonchev–Trinajstić information content (AvgIpc) is 2.90. The van der Waals surface area contributed by atoms with Crippen LogP contribution in [-0.4, -0.2) is 66.5 Å². The van der Waals surface area contributed by atoms with Gasteiger partial charge in [-0.15, -0.1) is 0 Å². The van der Waals surface area contributed by atoms with E-state index >= 15 is 0 Å². The molecule has 2 aromatic carbocycles. The van der Waals surface area contributed by atoms with Crippen LogP contribution in [0.5, 0.6) is 11.5 Å². The van der Waals surface area contributed by atoms with Gasteiger partial charge in [-0.05, 0) is 55.2 Å². The third-order valence-electron chi connectivity index (χ3n) is 6.76. The summed E-state index contributed by atoms with van der Waals surface area (Å²) < 4.78 is 6.05. The molecule has 0 saturated carbocycles. The average molecular weight is 457 g/mol. The monoisotopic (exact) mass is 456 g/mol. The molecule has 2 aliphatic heterocycles. The standard InChI is InChI=1S/C28H32N4O2/c33-28(25-12-4-5-13-26(25)34-24-10-2-1-3-11-24)32-16-8-9-23(22-32)21-30-17-19-31(20-18-30)27-14-6-7-15-29-27/h1-7,10-15,23H,8-9,16-22H2/t23-/m0/s1. The zero-order valence-electron chi connectivity index (χ0n) is 19.6. The van der Waals surface area contributed by atoms with Gasteiger partial charge in [0.25, 0.3) is 5.91 Å². The van der Waals surface area contributed by atoms with Crippen LogP contribution in [0.1, 0.15) is 23.2 Å². The number of ether oxygens (including phenoxy) is 1. The lowest BCUT2D eigenvalue weighted by Gasteiger charge is -2.39. The number of amides is 1. The number of nitrogens with zero attached hydrogens (tertiary/aromatic N) is 4. The molecule has 0 spiro atoms. The van der Waals surface area contributed by atoms with E-state index in [1.165, 1.54) is 6.42 Å². The highest BCUT2D eigenvalue weighted by atomic mass is 16.5. The highest BCUT2D eigenvalue weighted by Crippen LogP contribution is 2.28. The summed E-state index contributed by atoms with van der Waals surface area (Å²) >= 11 is 0. The Morgan fingerprint density at radius 1 is 0.882 bits per heavy atom. The number of benzene rings is 2. The Hall–Kier alpha value is -3.38. The number of anilines is 1. The van der Waals surface area contributed by atoms with E-state index in [0.29, 0.717) is 17.2 Å². The highest BCUT2D eigenvalue weighted by Gasteiger charge is 2.28. The molecule has 2 aliphatic rings. The van der Waals surface area contributed by atoms with Crippen molar-refractivity contribution in [2.24, 2.45) is 5.92 Å². The number of piperazine rings is 1. The first-order valence-electron chi connectivity index (χ1n) is 12.3. The van der Waals surface area contributed by atoms with Crippen molar-refractivity contribution < 1.29 is 9.53 Å². The van der Waals surface area contributed by atoms with Crippen LogP contribution in [0.2, 0.25) is 0 Å². The van der Waals surface area contributed by atoms with Gasteiger partial charge < -0.3 is 14.5 Å². The van der Waals surface area contributed by atoms with Crippen LogP contribution < -0.4 is 9.64 Å². The smallest absolute Gasteiger partial charge is 0.257 e. The van der Waals surface area contributed by atoms with E-state index < -0.39 is 0 Å². The molecule has 0 radical (unpaired) electrons. The minimum absolute atomic E-state index is 0.0659. The summed E-state index contributed by atoms with van der Waals surface area (Å²) in [4.78, 5) is 24.9. The topological polar surface area (TPSA) is 48.9 Å². The molecule has 0 bridgehead atoms. The number of carbonyl (C=O) groups is 1. The van der Waals surface area contributed by atoms with Crippen molar-refractivity contribution in [1.82, 2.24) is 14.8 Å². The Morgan fingerprint density at radius 2 is 1.65 bits per heavy atom. The summed E-state index contributed by atoms with van der Waals surface area (Å²) in [5, 5.41) is 0.